The van der Waals surface area contributed by atoms with Gasteiger partial charge < -0.3 is 5.11 Å². The maximum atomic E-state index is 10.5. The number of hydrogen-bond donors (Lipinski definition) is 1. The molecule has 0 saturated heterocycles. The molecular formula is C13H22N3O2+. The van der Waals surface area contributed by atoms with Crippen molar-refractivity contribution >= 4 is 5.97 Å². The third-order valence-electron chi connectivity index (χ3n) is 3.08. The summed E-state index contributed by atoms with van der Waals surface area (Å²) in [5.41, 5.74) is 1.24. The summed E-state index contributed by atoms with van der Waals surface area (Å²) in [6, 6.07) is 0. The third kappa shape index (κ3) is 4.41. The van der Waals surface area contributed by atoms with Crippen molar-refractivity contribution in [1.82, 2.24) is 0 Å². The van der Waals surface area contributed by atoms with Crippen LogP contribution in [0.4, 0.5) is 0 Å². The zero-order valence-corrected chi connectivity index (χ0v) is 11.0. The van der Waals surface area contributed by atoms with E-state index in [1.165, 1.54) is 5.57 Å². The third-order valence-corrected chi connectivity index (χ3v) is 3.08. The summed E-state index contributed by atoms with van der Waals surface area (Å²) in [5, 5.41) is 17.1. The van der Waals surface area contributed by atoms with Gasteiger partial charge >= 0.3 is 5.97 Å². The van der Waals surface area contributed by atoms with Crippen molar-refractivity contribution in [1.29, 1.82) is 0 Å². The quantitative estimate of drug-likeness (QED) is 0.410. The number of aliphatic carboxylic acids is 1. The van der Waals surface area contributed by atoms with Crippen molar-refractivity contribution in [2.45, 2.75) is 32.6 Å². The summed E-state index contributed by atoms with van der Waals surface area (Å²) in [6.07, 6.45) is 6.63. The highest BCUT2D eigenvalue weighted by molar-refractivity contribution is 5.66. The fourth-order valence-corrected chi connectivity index (χ4v) is 2.04. The number of carboxylic acids is 1. The summed E-state index contributed by atoms with van der Waals surface area (Å²) in [4.78, 5) is 10.5. The molecule has 1 unspecified atom stereocenters. The van der Waals surface area contributed by atoms with Gasteiger partial charge in [0.15, 0.2) is 0 Å². The van der Waals surface area contributed by atoms with Gasteiger partial charge in [0, 0.05) is 17.2 Å². The zero-order chi connectivity index (χ0) is 13.4. The minimum Gasteiger partial charge on any atom is -0.481 e. The molecule has 100 valence electrons. The smallest absolute Gasteiger partial charge is 0.303 e. The first-order chi connectivity index (χ1) is 8.62. The number of allylic oxidation sites excluding steroid dienone is 1. The van der Waals surface area contributed by atoms with Crippen LogP contribution in [0, 0.1) is 0 Å². The Bertz CT molecular complexity index is 359. The van der Waals surface area contributed by atoms with Crippen molar-refractivity contribution in [3.05, 3.63) is 24.4 Å². The van der Waals surface area contributed by atoms with Crippen LogP contribution < -0.4 is 0 Å². The van der Waals surface area contributed by atoms with E-state index in [1.807, 2.05) is 6.08 Å². The van der Waals surface area contributed by atoms with E-state index in [2.05, 4.69) is 30.0 Å². The lowest BCUT2D eigenvalue weighted by Crippen LogP contribution is -2.39. The lowest BCUT2D eigenvalue weighted by molar-refractivity contribution is -0.891. The standard InChI is InChI=1S/C13H21N3O2/c1-3-7-12-10-14-15-16(4-2,11-12)9-6-5-8-13(17)18/h3,11H,1,4-10H2,2H3/p+1. The molecular weight excluding hydrogens is 230 g/mol. The Morgan fingerprint density at radius 2 is 2.39 bits per heavy atom. The van der Waals surface area contributed by atoms with Crippen molar-refractivity contribution < 1.29 is 14.5 Å². The Kier molecular flexibility index (Phi) is 5.71. The largest absolute Gasteiger partial charge is 0.481 e. The van der Waals surface area contributed by atoms with Crippen molar-refractivity contribution in [3.8, 4) is 0 Å². The fourth-order valence-electron chi connectivity index (χ4n) is 2.04. The maximum absolute atomic E-state index is 10.5. The molecule has 5 nitrogen and oxygen atoms in total. The number of carboxylic acid groups (broad SMARTS) is 1. The Labute approximate surface area is 108 Å². The number of rotatable bonds is 8. The van der Waals surface area contributed by atoms with Gasteiger partial charge in [-0.05, 0) is 26.2 Å². The molecule has 0 aromatic rings. The second kappa shape index (κ2) is 7.06. The Morgan fingerprint density at radius 1 is 1.61 bits per heavy atom. The maximum Gasteiger partial charge on any atom is 0.303 e. The predicted octanol–water partition coefficient (Wildman–Crippen LogP) is 2.92. The van der Waals surface area contributed by atoms with Crippen LogP contribution in [0.5, 0.6) is 0 Å². The highest BCUT2D eigenvalue weighted by Gasteiger charge is 2.27. The Hall–Kier alpha value is -1.49. The second-order valence-electron chi connectivity index (χ2n) is 4.55. The summed E-state index contributed by atoms with van der Waals surface area (Å²) >= 11 is 0. The topological polar surface area (TPSA) is 62.0 Å². The van der Waals surface area contributed by atoms with Gasteiger partial charge in [-0.15, -0.1) is 11.7 Å². The van der Waals surface area contributed by atoms with Crippen LogP contribution in [-0.2, 0) is 4.79 Å². The zero-order valence-electron chi connectivity index (χ0n) is 11.0. The van der Waals surface area contributed by atoms with Crippen LogP contribution in [0.2, 0.25) is 0 Å². The van der Waals surface area contributed by atoms with E-state index in [0.717, 1.165) is 25.9 Å². The molecule has 0 spiro atoms. The van der Waals surface area contributed by atoms with E-state index >= 15 is 0 Å². The van der Waals surface area contributed by atoms with Crippen molar-refractivity contribution in [3.63, 3.8) is 0 Å². The van der Waals surface area contributed by atoms with Gasteiger partial charge in [-0.1, -0.05) is 6.08 Å². The average molecular weight is 252 g/mol. The molecule has 0 amide bonds. The van der Waals surface area contributed by atoms with Gasteiger partial charge in [0.2, 0.25) is 0 Å². The summed E-state index contributed by atoms with van der Waals surface area (Å²) < 4.78 is 0.489. The first-order valence-corrected chi connectivity index (χ1v) is 6.41. The molecule has 18 heavy (non-hydrogen) atoms. The number of hydrogen-bond acceptors (Lipinski definition) is 3. The van der Waals surface area contributed by atoms with Gasteiger partial charge in [-0.2, -0.15) is 4.59 Å². The van der Waals surface area contributed by atoms with Gasteiger partial charge in [0.25, 0.3) is 0 Å². The first kappa shape index (κ1) is 14.6. The van der Waals surface area contributed by atoms with E-state index in [4.69, 9.17) is 5.11 Å². The molecule has 1 N–H and O–H groups in total. The highest BCUT2D eigenvalue weighted by atomic mass is 16.4. The van der Waals surface area contributed by atoms with Gasteiger partial charge in [0.05, 0.1) is 6.54 Å². The monoisotopic (exact) mass is 252 g/mol. The van der Waals surface area contributed by atoms with Gasteiger partial charge in [-0.3, -0.25) is 4.79 Å². The van der Waals surface area contributed by atoms with E-state index in [1.54, 1.807) is 0 Å². The fraction of sp³-hybridized carbons (Fsp3) is 0.615. The molecule has 1 aliphatic rings. The van der Waals surface area contributed by atoms with Crippen LogP contribution in [0.25, 0.3) is 0 Å². The molecule has 0 saturated carbocycles. The molecule has 0 aromatic carbocycles. The minimum atomic E-state index is -0.735. The summed E-state index contributed by atoms with van der Waals surface area (Å²) in [5.74, 6) is -0.735. The van der Waals surface area contributed by atoms with E-state index in [0.29, 0.717) is 17.6 Å². The lowest BCUT2D eigenvalue weighted by atomic mass is 10.1. The Balaban J connectivity index is 2.55. The van der Waals surface area contributed by atoms with Crippen LogP contribution in [-0.4, -0.2) is 35.3 Å². The molecule has 1 rings (SSSR count). The molecule has 1 atom stereocenters. The molecule has 5 heteroatoms. The van der Waals surface area contributed by atoms with Gasteiger partial charge in [-0.25, -0.2) is 0 Å². The number of quaternary nitrogens is 1. The lowest BCUT2D eigenvalue weighted by Gasteiger charge is -2.28. The molecule has 0 aliphatic carbocycles. The first-order valence-electron chi connectivity index (χ1n) is 6.41. The van der Waals surface area contributed by atoms with Crippen molar-refractivity contribution in [2.24, 2.45) is 10.3 Å². The molecule has 1 aliphatic heterocycles. The molecule has 0 aromatic heterocycles. The molecule has 0 fully saturated rings. The van der Waals surface area contributed by atoms with E-state index < -0.39 is 5.97 Å². The minimum absolute atomic E-state index is 0.226. The van der Waals surface area contributed by atoms with E-state index in [9.17, 15) is 4.79 Å². The normalized spacial score (nSPS) is 22.6. The second-order valence-corrected chi connectivity index (χ2v) is 4.55. The SMILES string of the molecule is C=CCC1=C[N+](CC)(CCCCC(=O)O)N=NC1. The number of unbranched alkanes of at least 4 members (excludes halogenated alkanes) is 1. The highest BCUT2D eigenvalue weighted by Crippen LogP contribution is 2.21. The van der Waals surface area contributed by atoms with E-state index in [-0.39, 0.29) is 6.42 Å². The molecule has 0 radical (unpaired) electrons. The van der Waals surface area contributed by atoms with Crippen LogP contribution in [0.15, 0.2) is 34.8 Å². The van der Waals surface area contributed by atoms with Crippen LogP contribution in [0.3, 0.4) is 0 Å². The predicted molar refractivity (Wildman–Crippen MR) is 69.8 cm³/mol. The Morgan fingerprint density at radius 3 is 3.00 bits per heavy atom. The molecule has 1 heterocycles. The average Bonchev–Trinajstić information content (AvgIpc) is 2.35. The number of carbonyl (C=O) groups is 1. The number of nitrogens with zero attached hydrogens (tertiary/aromatic N) is 3. The van der Waals surface area contributed by atoms with Crippen LogP contribution >= 0.6 is 0 Å². The molecule has 0 bridgehead atoms. The van der Waals surface area contributed by atoms with Crippen LogP contribution in [0.1, 0.15) is 32.6 Å². The summed E-state index contributed by atoms with van der Waals surface area (Å²) in [7, 11) is 0. The summed E-state index contributed by atoms with van der Waals surface area (Å²) in [6.45, 7) is 8.12. The van der Waals surface area contributed by atoms with Crippen molar-refractivity contribution in [2.75, 3.05) is 19.6 Å². The van der Waals surface area contributed by atoms with Gasteiger partial charge in [0.1, 0.15) is 19.3 Å².